The quantitative estimate of drug-likeness (QED) is 0.410. The Morgan fingerprint density at radius 3 is 2.10 bits per heavy atom. The van der Waals surface area contributed by atoms with Gasteiger partial charge in [0.25, 0.3) is 5.56 Å². The molecule has 4 aromatic rings. The highest BCUT2D eigenvalue weighted by atomic mass is 79.9. The average molecular weight is 449 g/mol. The average Bonchev–Trinajstić information content (AvgIpc) is 2.78. The standard InChI is InChI=1S/C24H21BrN2O2/c25-15-18(28)11-12-23-26-22-14-20(17-9-5-2-6-10-17)19(13-21(22)24(29)27-23)16-7-3-1-4-8-16/h1-10,13-14,18,28H,11-12,15H2,(H,26,27,29). The largest absolute Gasteiger partial charge is 0.392 e. The second-order valence-electron chi connectivity index (χ2n) is 7.01. The molecule has 0 fully saturated rings. The van der Waals surface area contributed by atoms with Gasteiger partial charge in [0.1, 0.15) is 5.82 Å². The molecule has 1 unspecified atom stereocenters. The zero-order valence-electron chi connectivity index (χ0n) is 15.8. The van der Waals surface area contributed by atoms with Crippen LogP contribution in [0.4, 0.5) is 0 Å². The van der Waals surface area contributed by atoms with Crippen molar-refractivity contribution in [2.45, 2.75) is 18.9 Å². The van der Waals surface area contributed by atoms with Gasteiger partial charge in [0.15, 0.2) is 0 Å². The fourth-order valence-electron chi connectivity index (χ4n) is 3.45. The summed E-state index contributed by atoms with van der Waals surface area (Å²) in [7, 11) is 0. The first-order chi connectivity index (χ1) is 14.2. The van der Waals surface area contributed by atoms with Gasteiger partial charge < -0.3 is 10.1 Å². The molecule has 0 aliphatic carbocycles. The summed E-state index contributed by atoms with van der Waals surface area (Å²) in [6, 6.07) is 24.1. The Balaban J connectivity index is 1.89. The van der Waals surface area contributed by atoms with Crippen LogP contribution >= 0.6 is 15.9 Å². The number of aliphatic hydroxyl groups excluding tert-OH is 1. The lowest BCUT2D eigenvalue weighted by molar-refractivity contribution is 0.190. The summed E-state index contributed by atoms with van der Waals surface area (Å²) in [5.74, 6) is 0.592. The van der Waals surface area contributed by atoms with Crippen molar-refractivity contribution in [1.29, 1.82) is 0 Å². The Morgan fingerprint density at radius 1 is 0.931 bits per heavy atom. The first kappa shape index (κ1) is 19.6. The Labute approximate surface area is 177 Å². The van der Waals surface area contributed by atoms with E-state index in [2.05, 4.69) is 38.0 Å². The minimum Gasteiger partial charge on any atom is -0.392 e. The van der Waals surface area contributed by atoms with E-state index >= 15 is 0 Å². The molecule has 0 aliphatic heterocycles. The molecular weight excluding hydrogens is 428 g/mol. The van der Waals surface area contributed by atoms with Gasteiger partial charge in [-0.3, -0.25) is 4.79 Å². The van der Waals surface area contributed by atoms with Gasteiger partial charge in [-0.1, -0.05) is 76.6 Å². The SMILES string of the molecule is O=c1[nH]c(CCC(O)CBr)nc2cc(-c3ccccc3)c(-c3ccccc3)cc12. The number of aromatic nitrogens is 2. The van der Waals surface area contributed by atoms with Crippen molar-refractivity contribution >= 4 is 26.8 Å². The Kier molecular flexibility index (Phi) is 5.88. The predicted molar refractivity (Wildman–Crippen MR) is 121 cm³/mol. The molecule has 0 aliphatic rings. The molecule has 0 saturated carbocycles. The lowest BCUT2D eigenvalue weighted by Gasteiger charge is -2.13. The van der Waals surface area contributed by atoms with Gasteiger partial charge >= 0.3 is 0 Å². The normalized spacial score (nSPS) is 12.2. The van der Waals surface area contributed by atoms with E-state index in [1.54, 1.807) is 0 Å². The van der Waals surface area contributed by atoms with Crippen molar-refractivity contribution in [3.63, 3.8) is 0 Å². The van der Waals surface area contributed by atoms with Crippen LogP contribution in [0, 0.1) is 0 Å². The summed E-state index contributed by atoms with van der Waals surface area (Å²) >= 11 is 3.27. The van der Waals surface area contributed by atoms with E-state index in [0.29, 0.717) is 34.9 Å². The van der Waals surface area contributed by atoms with Gasteiger partial charge in [-0.2, -0.15) is 0 Å². The summed E-state index contributed by atoms with van der Waals surface area (Å²) in [6.07, 6.45) is 0.586. The molecule has 1 aromatic heterocycles. The van der Waals surface area contributed by atoms with E-state index in [1.807, 2.05) is 60.7 Å². The fourth-order valence-corrected chi connectivity index (χ4v) is 3.77. The zero-order chi connectivity index (χ0) is 20.2. The highest BCUT2D eigenvalue weighted by Gasteiger charge is 2.13. The maximum atomic E-state index is 12.8. The number of alkyl halides is 1. The minimum atomic E-state index is -0.462. The van der Waals surface area contributed by atoms with Crippen molar-refractivity contribution < 1.29 is 5.11 Å². The van der Waals surface area contributed by atoms with Crippen molar-refractivity contribution in [1.82, 2.24) is 9.97 Å². The molecule has 0 saturated heterocycles. The number of aliphatic hydroxyl groups is 1. The second-order valence-corrected chi connectivity index (χ2v) is 7.65. The first-order valence-electron chi connectivity index (χ1n) is 9.57. The number of fused-ring (bicyclic) bond motifs is 1. The third kappa shape index (κ3) is 4.31. The lowest BCUT2D eigenvalue weighted by atomic mass is 9.93. The fraction of sp³-hybridized carbons (Fsp3) is 0.167. The van der Waals surface area contributed by atoms with Crippen molar-refractivity contribution in [2.24, 2.45) is 0 Å². The third-order valence-electron chi connectivity index (χ3n) is 4.96. The van der Waals surface area contributed by atoms with E-state index in [1.165, 1.54) is 0 Å². The van der Waals surface area contributed by atoms with Crippen LogP contribution in [0.1, 0.15) is 12.2 Å². The zero-order valence-corrected chi connectivity index (χ0v) is 17.4. The molecule has 0 amide bonds. The number of rotatable bonds is 6. The number of halogens is 1. The molecule has 146 valence electrons. The molecule has 4 rings (SSSR count). The maximum absolute atomic E-state index is 12.8. The second kappa shape index (κ2) is 8.72. The number of nitrogens with one attached hydrogen (secondary N) is 1. The van der Waals surface area contributed by atoms with Gasteiger partial charge in [0, 0.05) is 11.8 Å². The highest BCUT2D eigenvalue weighted by Crippen LogP contribution is 2.34. The summed E-state index contributed by atoms with van der Waals surface area (Å²) in [6.45, 7) is 0. The van der Waals surface area contributed by atoms with E-state index < -0.39 is 6.10 Å². The molecule has 0 bridgehead atoms. The van der Waals surface area contributed by atoms with Gasteiger partial charge in [-0.05, 0) is 40.8 Å². The number of hydrogen-bond donors (Lipinski definition) is 2. The predicted octanol–water partition coefficient (Wildman–Crippen LogP) is 4.95. The van der Waals surface area contributed by atoms with Crippen molar-refractivity contribution in [3.8, 4) is 22.3 Å². The number of aromatic amines is 1. The summed E-state index contributed by atoms with van der Waals surface area (Å²) in [5, 5.41) is 10.9. The Morgan fingerprint density at radius 2 is 1.52 bits per heavy atom. The van der Waals surface area contributed by atoms with Crippen molar-refractivity contribution in [2.75, 3.05) is 5.33 Å². The van der Waals surface area contributed by atoms with Crippen LogP contribution < -0.4 is 5.56 Å². The van der Waals surface area contributed by atoms with Crippen LogP contribution in [0.25, 0.3) is 33.2 Å². The smallest absolute Gasteiger partial charge is 0.258 e. The summed E-state index contributed by atoms with van der Waals surface area (Å²) in [4.78, 5) is 20.3. The monoisotopic (exact) mass is 448 g/mol. The molecule has 3 aromatic carbocycles. The number of nitrogens with zero attached hydrogens (tertiary/aromatic N) is 1. The molecule has 0 spiro atoms. The number of hydrogen-bond acceptors (Lipinski definition) is 3. The van der Waals surface area contributed by atoms with Gasteiger partial charge in [-0.15, -0.1) is 0 Å². The van der Waals surface area contributed by atoms with E-state index in [0.717, 1.165) is 22.3 Å². The van der Waals surface area contributed by atoms with Crippen LogP contribution in [-0.2, 0) is 6.42 Å². The Hall–Kier alpha value is -2.76. The molecule has 0 radical (unpaired) electrons. The van der Waals surface area contributed by atoms with Gasteiger partial charge in [0.2, 0.25) is 0 Å². The summed E-state index contributed by atoms with van der Waals surface area (Å²) < 4.78 is 0. The Bertz CT molecular complexity index is 1170. The lowest BCUT2D eigenvalue weighted by Crippen LogP contribution is -2.15. The van der Waals surface area contributed by atoms with Crippen LogP contribution in [-0.4, -0.2) is 26.5 Å². The first-order valence-corrected chi connectivity index (χ1v) is 10.7. The van der Waals surface area contributed by atoms with Crippen molar-refractivity contribution in [3.05, 3.63) is 89.0 Å². The van der Waals surface area contributed by atoms with Crippen LogP contribution in [0.2, 0.25) is 0 Å². The topological polar surface area (TPSA) is 66.0 Å². The number of H-pyrrole nitrogens is 1. The van der Waals surface area contributed by atoms with E-state index in [9.17, 15) is 9.90 Å². The molecular formula is C24H21BrN2O2. The molecule has 1 atom stereocenters. The van der Waals surface area contributed by atoms with Crippen LogP contribution in [0.15, 0.2) is 77.6 Å². The van der Waals surface area contributed by atoms with Crippen LogP contribution in [0.3, 0.4) is 0 Å². The molecule has 1 heterocycles. The minimum absolute atomic E-state index is 0.157. The number of benzene rings is 3. The van der Waals surface area contributed by atoms with E-state index in [-0.39, 0.29) is 5.56 Å². The van der Waals surface area contributed by atoms with E-state index in [4.69, 9.17) is 0 Å². The molecule has 2 N–H and O–H groups in total. The molecule has 29 heavy (non-hydrogen) atoms. The van der Waals surface area contributed by atoms with Gasteiger partial charge in [-0.25, -0.2) is 4.98 Å². The maximum Gasteiger partial charge on any atom is 0.258 e. The third-order valence-corrected chi connectivity index (χ3v) is 5.70. The molecule has 5 heteroatoms. The van der Waals surface area contributed by atoms with Gasteiger partial charge in [0.05, 0.1) is 17.0 Å². The van der Waals surface area contributed by atoms with Crippen LogP contribution in [0.5, 0.6) is 0 Å². The summed E-state index contributed by atoms with van der Waals surface area (Å²) in [5.41, 5.74) is 4.67. The highest BCUT2D eigenvalue weighted by molar-refractivity contribution is 9.09. The number of aryl methyl sites for hydroxylation is 1. The molecule has 4 nitrogen and oxygen atoms in total.